The van der Waals surface area contributed by atoms with E-state index in [4.69, 9.17) is 15.0 Å². The van der Waals surface area contributed by atoms with Crippen molar-refractivity contribution < 1.29 is 0 Å². The molecule has 71 heavy (non-hydrogen) atoms. The molecule has 6 aromatic heterocycles. The summed E-state index contributed by atoms with van der Waals surface area (Å²) in [7, 11) is 0. The van der Waals surface area contributed by atoms with Crippen molar-refractivity contribution in [2.45, 2.75) is 15.2 Å². The molecular weight excluding hydrogens is 885 g/mol. The van der Waals surface area contributed by atoms with Gasteiger partial charge >= 0.3 is 0 Å². The fraction of sp³-hybridized carbons (Fsp3) is 0.0156. The first kappa shape index (κ1) is 38.9. The predicted molar refractivity (Wildman–Crippen MR) is 290 cm³/mol. The number of fused-ring (bicyclic) bond motifs is 18. The molecule has 6 nitrogen and oxygen atoms in total. The quantitative estimate of drug-likeness (QED) is 0.176. The van der Waals surface area contributed by atoms with E-state index in [1.807, 2.05) is 30.4 Å². The number of pyridine rings is 3. The Bertz CT molecular complexity index is 4470. The summed E-state index contributed by atoms with van der Waals surface area (Å²) in [6.45, 7) is 0. The van der Waals surface area contributed by atoms with Gasteiger partial charge < -0.3 is 9.13 Å². The van der Waals surface area contributed by atoms with E-state index >= 15 is 0 Å². The zero-order valence-corrected chi connectivity index (χ0v) is 38.8. The van der Waals surface area contributed by atoms with Crippen LogP contribution in [0, 0.1) is 0 Å². The highest BCUT2D eigenvalue weighted by atomic mass is 32.2. The van der Waals surface area contributed by atoms with Crippen molar-refractivity contribution in [1.29, 1.82) is 0 Å². The van der Waals surface area contributed by atoms with Gasteiger partial charge in [0.05, 0.1) is 73.7 Å². The van der Waals surface area contributed by atoms with E-state index < -0.39 is 5.41 Å². The minimum Gasteiger partial charge on any atom is -0.308 e. The molecular formula is C64H38N6S. The fourth-order valence-electron chi connectivity index (χ4n) is 12.3. The third-order valence-corrected chi connectivity index (χ3v) is 16.4. The highest BCUT2D eigenvalue weighted by Gasteiger charge is 2.52. The minimum atomic E-state index is -0.640. The predicted octanol–water partition coefficient (Wildman–Crippen LogP) is 15.7. The molecule has 1 aliphatic heterocycles. The number of aromatic nitrogens is 6. The Balaban J connectivity index is 0.847. The maximum atomic E-state index is 5.35. The molecule has 2 aliphatic rings. The van der Waals surface area contributed by atoms with E-state index in [0.717, 1.165) is 72.8 Å². The molecule has 14 aromatic rings. The maximum absolute atomic E-state index is 5.35. The SMILES string of the molecule is c1ccc2c(c1)Sc1cc(-c3ccc4c(c3)c3ccccc3n4-c3ccc(-n4c5ccccc5c5ccccc54)nc3)ccc1C21c2cccnc2-c2ncc(-n3c4ccccc4c4ccccc43)cc21. The van der Waals surface area contributed by atoms with Gasteiger partial charge in [-0.1, -0.05) is 145 Å². The molecule has 7 heterocycles. The van der Waals surface area contributed by atoms with Crippen LogP contribution in [0.1, 0.15) is 22.3 Å². The van der Waals surface area contributed by atoms with Crippen LogP contribution in [-0.2, 0) is 5.41 Å². The van der Waals surface area contributed by atoms with E-state index in [0.29, 0.717) is 0 Å². The summed E-state index contributed by atoms with van der Waals surface area (Å²) in [6, 6.07) is 77.4. The normalized spacial score (nSPS) is 14.8. The maximum Gasteiger partial charge on any atom is 0.137 e. The molecule has 1 spiro atoms. The van der Waals surface area contributed by atoms with Crippen molar-refractivity contribution in [3.8, 4) is 39.7 Å². The number of nitrogens with zero attached hydrogens (tertiary/aromatic N) is 6. The lowest BCUT2D eigenvalue weighted by Gasteiger charge is -2.39. The Morgan fingerprint density at radius 2 is 0.831 bits per heavy atom. The summed E-state index contributed by atoms with van der Waals surface area (Å²) in [6.07, 6.45) is 5.96. The number of para-hydroxylation sites is 5. The van der Waals surface area contributed by atoms with Crippen LogP contribution in [0.15, 0.2) is 241 Å². The van der Waals surface area contributed by atoms with Crippen LogP contribution in [0.5, 0.6) is 0 Å². The highest BCUT2D eigenvalue weighted by Crippen LogP contribution is 2.62. The highest BCUT2D eigenvalue weighted by molar-refractivity contribution is 7.99. The van der Waals surface area contributed by atoms with Crippen LogP contribution in [0.3, 0.4) is 0 Å². The first-order valence-corrected chi connectivity index (χ1v) is 24.9. The number of benzene rings is 8. The average Bonchev–Trinajstić information content (AvgIpc) is 4.15. The molecule has 8 aromatic carbocycles. The summed E-state index contributed by atoms with van der Waals surface area (Å²) in [5, 5.41) is 7.31. The molecule has 0 amide bonds. The van der Waals surface area contributed by atoms with Gasteiger partial charge in [-0.25, -0.2) is 4.98 Å². The van der Waals surface area contributed by atoms with Crippen molar-refractivity contribution in [1.82, 2.24) is 28.7 Å². The van der Waals surface area contributed by atoms with Crippen LogP contribution < -0.4 is 0 Å². The monoisotopic (exact) mass is 922 g/mol. The Morgan fingerprint density at radius 1 is 0.324 bits per heavy atom. The molecule has 0 saturated carbocycles. The fourth-order valence-corrected chi connectivity index (χ4v) is 13.6. The summed E-state index contributed by atoms with van der Waals surface area (Å²) in [4.78, 5) is 18.0. The van der Waals surface area contributed by atoms with Crippen LogP contribution in [-0.4, -0.2) is 28.7 Å². The summed E-state index contributed by atoms with van der Waals surface area (Å²) < 4.78 is 7.00. The lowest BCUT2D eigenvalue weighted by atomic mass is 9.67. The number of rotatable bonds is 4. The Morgan fingerprint density at radius 3 is 1.49 bits per heavy atom. The molecule has 1 atom stereocenters. The van der Waals surface area contributed by atoms with E-state index in [-0.39, 0.29) is 0 Å². The first-order chi connectivity index (χ1) is 35.2. The molecule has 0 fully saturated rings. The van der Waals surface area contributed by atoms with Crippen molar-refractivity contribution in [2.75, 3.05) is 0 Å². The molecule has 16 rings (SSSR count). The molecule has 0 N–H and O–H groups in total. The van der Waals surface area contributed by atoms with Crippen molar-refractivity contribution >= 4 is 77.2 Å². The topological polar surface area (TPSA) is 53.5 Å². The minimum absolute atomic E-state index is 0.640. The zero-order chi connectivity index (χ0) is 46.4. The van der Waals surface area contributed by atoms with Gasteiger partial charge in [-0.3, -0.25) is 14.5 Å². The van der Waals surface area contributed by atoms with E-state index in [1.54, 1.807) is 0 Å². The van der Waals surface area contributed by atoms with E-state index in [2.05, 4.69) is 226 Å². The van der Waals surface area contributed by atoms with Gasteiger partial charge in [0, 0.05) is 53.9 Å². The second-order valence-corrected chi connectivity index (χ2v) is 19.8. The van der Waals surface area contributed by atoms with Crippen LogP contribution in [0.4, 0.5) is 0 Å². The molecule has 1 aliphatic carbocycles. The van der Waals surface area contributed by atoms with Gasteiger partial charge in [-0.2, -0.15) is 0 Å². The molecule has 0 bridgehead atoms. The average molecular weight is 923 g/mol. The lowest BCUT2D eigenvalue weighted by Crippen LogP contribution is -2.32. The largest absolute Gasteiger partial charge is 0.308 e. The third kappa shape index (κ3) is 5.25. The summed E-state index contributed by atoms with van der Waals surface area (Å²) in [5.74, 6) is 0.893. The van der Waals surface area contributed by atoms with Gasteiger partial charge in [0.15, 0.2) is 0 Å². The molecule has 0 saturated heterocycles. The Hall–Kier alpha value is -9.04. The molecule has 1 unspecified atom stereocenters. The third-order valence-electron chi connectivity index (χ3n) is 15.3. The van der Waals surface area contributed by atoms with Crippen molar-refractivity contribution in [3.05, 3.63) is 253 Å². The van der Waals surface area contributed by atoms with Crippen LogP contribution in [0.2, 0.25) is 0 Å². The first-order valence-electron chi connectivity index (χ1n) is 24.1. The summed E-state index contributed by atoms with van der Waals surface area (Å²) >= 11 is 1.86. The standard InChI is InChI=1S/C64H38N6S/c1-7-21-53-43(14-1)44-15-2-8-22-54(44)69(53)42-36-52-63(67-38-42)62-51(20-13-33-65-62)64(52)49-19-6-12-26-59(49)71-60-35-40(27-30-50(60)64)39-28-31-58-48(34-39)47-18-5-9-23-55(47)68(58)41-29-32-61(66-37-41)70-56-24-10-3-16-45(56)46-17-4-11-25-57(46)70/h1-38H. The van der Waals surface area contributed by atoms with Crippen molar-refractivity contribution in [2.24, 2.45) is 0 Å². The number of hydrogen-bond donors (Lipinski definition) is 0. The van der Waals surface area contributed by atoms with Crippen LogP contribution in [0.25, 0.3) is 105 Å². The molecule has 7 heteroatoms. The van der Waals surface area contributed by atoms with Gasteiger partial charge in [-0.05, 0) is 107 Å². The van der Waals surface area contributed by atoms with Gasteiger partial charge in [0.25, 0.3) is 0 Å². The van der Waals surface area contributed by atoms with Crippen molar-refractivity contribution in [3.63, 3.8) is 0 Å². The lowest BCUT2D eigenvalue weighted by molar-refractivity contribution is 0.719. The second-order valence-electron chi connectivity index (χ2n) is 18.7. The smallest absolute Gasteiger partial charge is 0.137 e. The second kappa shape index (κ2) is 14.5. The molecule has 0 radical (unpaired) electrons. The molecule has 330 valence electrons. The van der Waals surface area contributed by atoms with Gasteiger partial charge in [-0.15, -0.1) is 0 Å². The van der Waals surface area contributed by atoms with Gasteiger partial charge in [0.1, 0.15) is 5.82 Å². The van der Waals surface area contributed by atoms with E-state index in [9.17, 15) is 0 Å². The Labute approximate surface area is 411 Å². The van der Waals surface area contributed by atoms with Crippen LogP contribution >= 0.6 is 11.8 Å². The van der Waals surface area contributed by atoms with E-state index in [1.165, 1.54) is 64.4 Å². The summed E-state index contributed by atoms with van der Waals surface area (Å²) in [5.41, 5.74) is 17.3. The number of hydrogen-bond acceptors (Lipinski definition) is 4. The van der Waals surface area contributed by atoms with Gasteiger partial charge in [0.2, 0.25) is 0 Å². The Kier molecular flexibility index (Phi) is 7.94. The zero-order valence-electron chi connectivity index (χ0n) is 38.0.